The number of aromatic nitrogens is 2. The number of pyridine rings is 1. The Kier molecular flexibility index (Phi) is 6.75. The first-order valence-corrected chi connectivity index (χ1v) is 19.3. The molecule has 0 bridgehead atoms. The van der Waals surface area contributed by atoms with Crippen LogP contribution in [0.1, 0.15) is 0 Å². The molecule has 242 valence electrons. The molecular formula is C45H33N5Si. The summed E-state index contributed by atoms with van der Waals surface area (Å²) in [6.07, 6.45) is 12.0. The van der Waals surface area contributed by atoms with Crippen molar-refractivity contribution in [1.82, 2.24) is 14.7 Å². The average molecular weight is 672 g/mol. The maximum Gasteiger partial charge on any atom is 0.179 e. The van der Waals surface area contributed by atoms with Crippen molar-refractivity contribution in [3.63, 3.8) is 0 Å². The van der Waals surface area contributed by atoms with Crippen molar-refractivity contribution in [2.45, 2.75) is 0 Å². The van der Waals surface area contributed by atoms with Gasteiger partial charge in [-0.05, 0) is 75.4 Å². The molecule has 2 aromatic heterocycles. The molecule has 0 aliphatic carbocycles. The number of allylic oxidation sites excluding steroid dienone is 2. The van der Waals surface area contributed by atoms with Gasteiger partial charge in [0.05, 0.1) is 34.3 Å². The van der Waals surface area contributed by atoms with Crippen LogP contribution < -0.4 is 30.8 Å². The first-order valence-electron chi connectivity index (χ1n) is 17.3. The molecule has 0 amide bonds. The minimum Gasteiger partial charge on any atom is -0.309 e. The first kappa shape index (κ1) is 29.3. The summed E-state index contributed by atoms with van der Waals surface area (Å²) >= 11 is 0. The largest absolute Gasteiger partial charge is 0.309 e. The fraction of sp³-hybridized carbons (Fsp3) is 0. The number of para-hydroxylation sites is 1. The number of hydrogen-bond acceptors (Lipinski definition) is 4. The summed E-state index contributed by atoms with van der Waals surface area (Å²) in [5, 5.41) is 14.5. The Balaban J connectivity index is 1.21. The van der Waals surface area contributed by atoms with Crippen LogP contribution in [0.2, 0.25) is 0 Å². The fourth-order valence-electron chi connectivity index (χ4n) is 8.16. The fourth-order valence-corrected chi connectivity index (χ4v) is 12.9. The lowest BCUT2D eigenvalue weighted by Crippen LogP contribution is -2.74. The van der Waals surface area contributed by atoms with Crippen molar-refractivity contribution in [3.05, 3.63) is 201 Å². The van der Waals surface area contributed by atoms with Gasteiger partial charge in [0.1, 0.15) is 0 Å². The molecule has 8 aromatic rings. The number of benzene rings is 6. The lowest BCUT2D eigenvalue weighted by molar-refractivity contribution is 0.408. The number of nitrogens with zero attached hydrogens (tertiary/aromatic N) is 5. The molecule has 0 fully saturated rings. The van der Waals surface area contributed by atoms with E-state index in [0.29, 0.717) is 0 Å². The standard InChI is InChI=1S/C45H33N5Si/c1-4-16-36(17-5-1)51(37-18-6-2-7-19-37,38-20-8-3-9-21-38)39-25-27-43-41(32-39)40-22-10-11-23-42(40)49(43)34-24-26-44-45(31-34)47-29-12-13-30-48(47)50(44)35-15-14-28-46-33-35/h1-33H. The highest BCUT2D eigenvalue weighted by atomic mass is 28.3. The van der Waals surface area contributed by atoms with Gasteiger partial charge in [-0.15, -0.1) is 0 Å². The molecule has 0 atom stereocenters. The van der Waals surface area contributed by atoms with Crippen LogP contribution in [-0.2, 0) is 0 Å². The Morgan fingerprint density at radius 1 is 0.451 bits per heavy atom. The number of anilines is 3. The van der Waals surface area contributed by atoms with Gasteiger partial charge in [-0.2, -0.15) is 5.12 Å². The number of hydrazine groups is 2. The summed E-state index contributed by atoms with van der Waals surface area (Å²) in [5.74, 6) is 0. The lowest BCUT2D eigenvalue weighted by Gasteiger charge is -2.34. The Morgan fingerprint density at radius 3 is 1.78 bits per heavy atom. The van der Waals surface area contributed by atoms with Crippen LogP contribution in [0, 0.1) is 0 Å². The molecule has 2 aliphatic rings. The second-order valence-corrected chi connectivity index (χ2v) is 16.8. The van der Waals surface area contributed by atoms with Gasteiger partial charge < -0.3 is 4.57 Å². The zero-order valence-electron chi connectivity index (χ0n) is 27.8. The molecule has 0 unspecified atom stereocenters. The van der Waals surface area contributed by atoms with Gasteiger partial charge >= 0.3 is 0 Å². The van der Waals surface area contributed by atoms with E-state index in [2.05, 4.69) is 207 Å². The highest BCUT2D eigenvalue weighted by Gasteiger charge is 2.41. The molecule has 0 radical (unpaired) electrons. The van der Waals surface area contributed by atoms with E-state index in [-0.39, 0.29) is 0 Å². The highest BCUT2D eigenvalue weighted by Crippen LogP contribution is 2.46. The normalized spacial score (nSPS) is 13.6. The maximum absolute atomic E-state index is 4.42. The number of fused-ring (bicyclic) bond motifs is 6. The van der Waals surface area contributed by atoms with E-state index in [1.807, 2.05) is 18.5 Å². The molecule has 4 heterocycles. The second kappa shape index (κ2) is 11.8. The quantitative estimate of drug-likeness (QED) is 0.134. The Labute approximate surface area is 297 Å². The third-order valence-corrected chi connectivity index (χ3v) is 15.1. The summed E-state index contributed by atoms with van der Waals surface area (Å²) < 4.78 is 2.42. The van der Waals surface area contributed by atoms with E-state index < -0.39 is 8.07 Å². The van der Waals surface area contributed by atoms with E-state index in [0.717, 1.165) is 22.7 Å². The molecule has 5 nitrogen and oxygen atoms in total. The van der Waals surface area contributed by atoms with E-state index in [1.54, 1.807) is 0 Å². The van der Waals surface area contributed by atoms with Crippen LogP contribution in [-0.4, -0.2) is 22.7 Å². The summed E-state index contributed by atoms with van der Waals surface area (Å²) in [4.78, 5) is 4.42. The van der Waals surface area contributed by atoms with Crippen LogP contribution >= 0.6 is 0 Å². The van der Waals surface area contributed by atoms with Crippen molar-refractivity contribution in [2.75, 3.05) is 10.0 Å². The second-order valence-electron chi connectivity index (χ2n) is 13.0. The summed E-state index contributed by atoms with van der Waals surface area (Å²) in [6, 6.07) is 60.3. The summed E-state index contributed by atoms with van der Waals surface area (Å²) in [5.41, 5.74) is 6.68. The van der Waals surface area contributed by atoms with Crippen LogP contribution in [0.3, 0.4) is 0 Å². The molecule has 6 heteroatoms. The zero-order valence-corrected chi connectivity index (χ0v) is 28.8. The van der Waals surface area contributed by atoms with Gasteiger partial charge in [0, 0.05) is 35.1 Å². The van der Waals surface area contributed by atoms with Crippen molar-refractivity contribution in [3.8, 4) is 5.69 Å². The molecule has 0 N–H and O–H groups in total. The maximum atomic E-state index is 4.42. The van der Waals surface area contributed by atoms with Gasteiger partial charge in [-0.3, -0.25) is 4.98 Å². The van der Waals surface area contributed by atoms with E-state index >= 15 is 0 Å². The third-order valence-electron chi connectivity index (χ3n) is 10.3. The Morgan fingerprint density at radius 2 is 1.10 bits per heavy atom. The van der Waals surface area contributed by atoms with Crippen LogP contribution in [0.5, 0.6) is 0 Å². The molecule has 0 saturated carbocycles. The predicted octanol–water partition coefficient (Wildman–Crippen LogP) is 7.69. The summed E-state index contributed by atoms with van der Waals surface area (Å²) in [6.45, 7) is 0. The van der Waals surface area contributed by atoms with Crippen LogP contribution in [0.15, 0.2) is 201 Å². The van der Waals surface area contributed by atoms with Crippen molar-refractivity contribution < 1.29 is 0 Å². The highest BCUT2D eigenvalue weighted by molar-refractivity contribution is 7.20. The average Bonchev–Trinajstić information content (AvgIpc) is 3.72. The predicted molar refractivity (Wildman–Crippen MR) is 213 cm³/mol. The Hall–Kier alpha value is -6.63. The number of hydrogen-bond donors (Lipinski definition) is 0. The molecular weight excluding hydrogens is 639 g/mol. The molecule has 10 rings (SSSR count). The van der Waals surface area contributed by atoms with Crippen molar-refractivity contribution in [2.24, 2.45) is 0 Å². The minimum absolute atomic E-state index is 1.00. The summed E-state index contributed by atoms with van der Waals surface area (Å²) in [7, 11) is -2.69. The molecule has 0 saturated heterocycles. The van der Waals surface area contributed by atoms with Crippen molar-refractivity contribution in [1.29, 1.82) is 0 Å². The minimum atomic E-state index is -2.69. The molecule has 2 aliphatic heterocycles. The van der Waals surface area contributed by atoms with Gasteiger partial charge in [-0.1, -0.05) is 121 Å². The van der Waals surface area contributed by atoms with E-state index in [1.165, 1.54) is 42.6 Å². The monoisotopic (exact) mass is 671 g/mol. The molecule has 6 aromatic carbocycles. The number of rotatable bonds is 6. The van der Waals surface area contributed by atoms with Crippen molar-refractivity contribution >= 4 is 67.7 Å². The SMILES string of the molecule is C1=CN2c3cc(-n4c5ccccc5c5cc([Si](c6ccccc6)(c6ccccc6)c6ccccc6)ccc54)ccc3N(c3cccnc3)N2C=C1. The molecule has 51 heavy (non-hydrogen) atoms. The Bertz CT molecular complexity index is 2500. The van der Waals surface area contributed by atoms with Gasteiger partial charge in [0.15, 0.2) is 8.07 Å². The topological polar surface area (TPSA) is 27.5 Å². The third kappa shape index (κ3) is 4.43. The van der Waals surface area contributed by atoms with Crippen LogP contribution in [0.4, 0.5) is 17.1 Å². The van der Waals surface area contributed by atoms with Gasteiger partial charge in [0.2, 0.25) is 0 Å². The van der Waals surface area contributed by atoms with E-state index in [4.69, 9.17) is 0 Å². The molecule has 0 spiro atoms. The zero-order chi connectivity index (χ0) is 33.8. The van der Waals surface area contributed by atoms with Crippen LogP contribution in [0.25, 0.3) is 27.5 Å². The lowest BCUT2D eigenvalue weighted by atomic mass is 10.1. The van der Waals surface area contributed by atoms with Gasteiger partial charge in [0.25, 0.3) is 0 Å². The first-order chi connectivity index (χ1) is 25.3. The smallest absolute Gasteiger partial charge is 0.179 e. The van der Waals surface area contributed by atoms with E-state index in [9.17, 15) is 0 Å². The van der Waals surface area contributed by atoms with Gasteiger partial charge in [-0.25, -0.2) is 10.0 Å².